The zero-order chi connectivity index (χ0) is 10.2. The molecule has 0 spiro atoms. The van der Waals surface area contributed by atoms with Gasteiger partial charge in [-0.15, -0.1) is 0 Å². The van der Waals surface area contributed by atoms with Crippen molar-refractivity contribution in [2.45, 2.75) is 0 Å². The van der Waals surface area contributed by atoms with E-state index in [9.17, 15) is 0 Å². The van der Waals surface area contributed by atoms with Crippen molar-refractivity contribution in [2.75, 3.05) is 0 Å². The minimum absolute atomic E-state index is 0.481. The molecule has 0 nitrogen and oxygen atoms in total. The molecule has 0 aliphatic rings. The lowest BCUT2D eigenvalue weighted by atomic mass is 10.4. The van der Waals surface area contributed by atoms with Crippen molar-refractivity contribution < 1.29 is 0 Å². The van der Waals surface area contributed by atoms with Gasteiger partial charge < -0.3 is 0 Å². The van der Waals surface area contributed by atoms with Crippen LogP contribution >= 0.6 is 23.2 Å². The van der Waals surface area contributed by atoms with E-state index in [1.807, 2.05) is 36.4 Å². The monoisotopic (exact) mass is 223 g/mol. The van der Waals surface area contributed by atoms with Crippen molar-refractivity contribution >= 4 is 23.2 Å². The zero-order valence-corrected chi connectivity index (χ0v) is 8.96. The molecule has 0 bridgehead atoms. The van der Waals surface area contributed by atoms with Crippen LogP contribution in [0.1, 0.15) is 0 Å². The third-order valence-electron chi connectivity index (χ3n) is 1.43. The molecule has 0 atom stereocenters. The third-order valence-corrected chi connectivity index (χ3v) is 2.15. The van der Waals surface area contributed by atoms with Crippen LogP contribution in [0.5, 0.6) is 0 Å². The van der Waals surface area contributed by atoms with Gasteiger partial charge in [0.1, 0.15) is 0 Å². The van der Waals surface area contributed by atoms with E-state index in [1.54, 1.807) is 18.2 Å². The standard InChI is InChI=1S/C6H3Cl2.C6H6/c7-5-3-1-2-4-6(5)8;1-2-4-6-5-3-1/h1-3H;1-6H. The largest absolute Gasteiger partial charge is 0.0827 e. The maximum atomic E-state index is 5.55. The van der Waals surface area contributed by atoms with E-state index in [4.69, 9.17) is 23.2 Å². The summed E-state index contributed by atoms with van der Waals surface area (Å²) in [6, 6.07) is 20.0. The molecule has 0 amide bonds. The van der Waals surface area contributed by atoms with Crippen LogP contribution in [0.4, 0.5) is 0 Å². The van der Waals surface area contributed by atoms with Crippen LogP contribution < -0.4 is 0 Å². The molecule has 71 valence electrons. The third kappa shape index (κ3) is 4.31. The van der Waals surface area contributed by atoms with Crippen molar-refractivity contribution in [2.24, 2.45) is 0 Å². The van der Waals surface area contributed by atoms with Gasteiger partial charge in [-0.3, -0.25) is 0 Å². The molecule has 2 rings (SSSR count). The van der Waals surface area contributed by atoms with Crippen LogP contribution in [0.2, 0.25) is 10.0 Å². The Kier molecular flexibility index (Phi) is 5.13. The Balaban J connectivity index is 0.000000146. The Morgan fingerprint density at radius 3 is 1.57 bits per heavy atom. The average molecular weight is 224 g/mol. The zero-order valence-electron chi connectivity index (χ0n) is 7.45. The Morgan fingerprint density at radius 2 is 1.29 bits per heavy atom. The lowest BCUT2D eigenvalue weighted by Crippen LogP contribution is -1.63. The van der Waals surface area contributed by atoms with Gasteiger partial charge in [0.15, 0.2) is 0 Å². The summed E-state index contributed by atoms with van der Waals surface area (Å²) in [6.07, 6.45) is 0. The molecular formula is C12H9Cl2. The molecule has 0 heterocycles. The number of hydrogen-bond acceptors (Lipinski definition) is 0. The molecule has 0 aliphatic carbocycles. The molecule has 14 heavy (non-hydrogen) atoms. The molecule has 2 aromatic rings. The van der Waals surface area contributed by atoms with Gasteiger partial charge in [0.2, 0.25) is 0 Å². The van der Waals surface area contributed by atoms with Gasteiger partial charge in [0.25, 0.3) is 0 Å². The van der Waals surface area contributed by atoms with Crippen molar-refractivity contribution in [1.29, 1.82) is 0 Å². The summed E-state index contributed by atoms with van der Waals surface area (Å²) in [6.45, 7) is 0. The lowest BCUT2D eigenvalue weighted by molar-refractivity contribution is 1.69. The first-order valence-electron chi connectivity index (χ1n) is 4.12. The molecule has 0 N–H and O–H groups in total. The number of benzene rings is 2. The first-order valence-corrected chi connectivity index (χ1v) is 4.88. The highest BCUT2D eigenvalue weighted by Gasteiger charge is 1.90. The summed E-state index contributed by atoms with van der Waals surface area (Å²) < 4.78 is 0. The van der Waals surface area contributed by atoms with Gasteiger partial charge in [-0.05, 0) is 6.07 Å². The predicted molar refractivity (Wildman–Crippen MR) is 61.7 cm³/mol. The highest BCUT2D eigenvalue weighted by molar-refractivity contribution is 6.41. The molecule has 0 aliphatic heterocycles. The van der Waals surface area contributed by atoms with E-state index >= 15 is 0 Å². The Morgan fingerprint density at radius 1 is 0.786 bits per heavy atom. The lowest BCUT2D eigenvalue weighted by Gasteiger charge is -1.87. The first kappa shape index (κ1) is 11.1. The van der Waals surface area contributed by atoms with Gasteiger partial charge in [0.05, 0.1) is 10.0 Å². The minimum atomic E-state index is 0.481. The van der Waals surface area contributed by atoms with E-state index in [1.165, 1.54) is 0 Å². The molecule has 0 unspecified atom stereocenters. The second-order valence-corrected chi connectivity index (χ2v) is 3.27. The first-order chi connectivity index (χ1) is 6.80. The van der Waals surface area contributed by atoms with Crippen LogP contribution in [-0.2, 0) is 0 Å². The molecule has 0 fully saturated rings. The Hall–Kier alpha value is -0.980. The topological polar surface area (TPSA) is 0 Å². The smallest absolute Gasteiger partial charge is 0.0671 e. The van der Waals surface area contributed by atoms with E-state index in [-0.39, 0.29) is 0 Å². The Labute approximate surface area is 94.1 Å². The molecule has 2 heteroatoms. The molecular weight excluding hydrogens is 215 g/mol. The Bertz CT molecular complexity index is 310. The maximum absolute atomic E-state index is 5.55. The highest BCUT2D eigenvalue weighted by Crippen LogP contribution is 2.18. The van der Waals surface area contributed by atoms with Crippen molar-refractivity contribution in [1.82, 2.24) is 0 Å². The van der Waals surface area contributed by atoms with Gasteiger partial charge >= 0.3 is 0 Å². The van der Waals surface area contributed by atoms with Gasteiger partial charge in [0, 0.05) is 6.07 Å². The fourth-order valence-electron chi connectivity index (χ4n) is 0.781. The number of halogens is 2. The quantitative estimate of drug-likeness (QED) is 0.618. The molecule has 0 aromatic heterocycles. The van der Waals surface area contributed by atoms with Gasteiger partial charge in [-0.2, -0.15) is 0 Å². The summed E-state index contributed by atoms with van der Waals surface area (Å²) >= 11 is 11.1. The van der Waals surface area contributed by atoms with Crippen LogP contribution in [0, 0.1) is 6.07 Å². The van der Waals surface area contributed by atoms with Crippen molar-refractivity contribution in [3.05, 3.63) is 70.7 Å². The summed E-state index contributed by atoms with van der Waals surface area (Å²) in [4.78, 5) is 0. The SMILES string of the molecule is Clc1[c]cccc1Cl.c1ccccc1. The van der Waals surface area contributed by atoms with E-state index in [0.29, 0.717) is 10.0 Å². The summed E-state index contributed by atoms with van der Waals surface area (Å²) in [5.74, 6) is 0. The second kappa shape index (κ2) is 6.47. The second-order valence-electron chi connectivity index (χ2n) is 2.49. The highest BCUT2D eigenvalue weighted by atomic mass is 35.5. The van der Waals surface area contributed by atoms with Crippen molar-refractivity contribution in [3.8, 4) is 0 Å². The number of hydrogen-bond donors (Lipinski definition) is 0. The van der Waals surface area contributed by atoms with Gasteiger partial charge in [-0.25, -0.2) is 0 Å². The number of rotatable bonds is 0. The fourth-order valence-corrected chi connectivity index (χ4v) is 1.03. The maximum Gasteiger partial charge on any atom is 0.0671 e. The van der Waals surface area contributed by atoms with E-state index in [0.717, 1.165) is 0 Å². The minimum Gasteiger partial charge on any atom is -0.0827 e. The average Bonchev–Trinajstić information content (AvgIpc) is 2.26. The van der Waals surface area contributed by atoms with E-state index in [2.05, 4.69) is 6.07 Å². The fraction of sp³-hybridized carbons (Fsp3) is 0. The van der Waals surface area contributed by atoms with Crippen molar-refractivity contribution in [3.63, 3.8) is 0 Å². The molecule has 0 saturated heterocycles. The molecule has 0 saturated carbocycles. The molecule has 2 aromatic carbocycles. The van der Waals surface area contributed by atoms with E-state index < -0.39 is 0 Å². The normalized spacial score (nSPS) is 8.71. The predicted octanol–water partition coefficient (Wildman–Crippen LogP) is 4.48. The van der Waals surface area contributed by atoms with Gasteiger partial charge in [-0.1, -0.05) is 71.7 Å². The summed E-state index contributed by atoms with van der Waals surface area (Å²) in [5, 5.41) is 1.03. The molecule has 1 radical (unpaired) electrons. The summed E-state index contributed by atoms with van der Waals surface area (Å²) in [7, 11) is 0. The van der Waals surface area contributed by atoms with Crippen LogP contribution in [0.3, 0.4) is 0 Å². The van der Waals surface area contributed by atoms with Crippen LogP contribution in [0.15, 0.2) is 54.6 Å². The van der Waals surface area contributed by atoms with Crippen LogP contribution in [-0.4, -0.2) is 0 Å². The van der Waals surface area contributed by atoms with Crippen LogP contribution in [0.25, 0.3) is 0 Å². The summed E-state index contributed by atoms with van der Waals surface area (Å²) in [5.41, 5.74) is 0.